The molecule has 0 aliphatic rings. The van der Waals surface area contributed by atoms with Crippen LogP contribution in [0.25, 0.3) is 0 Å². The molecule has 0 aliphatic carbocycles. The molecular formula is C16H27ClO. The maximum atomic E-state index is 10.5. The van der Waals surface area contributed by atoms with Crippen molar-refractivity contribution in [3.05, 3.63) is 24.3 Å². The molecule has 0 aliphatic heterocycles. The smallest absolute Gasteiger partial charge is 0.221 e. The van der Waals surface area contributed by atoms with Gasteiger partial charge in [-0.15, -0.1) is 0 Å². The molecule has 0 saturated heterocycles. The second-order valence-electron chi connectivity index (χ2n) is 4.63. The summed E-state index contributed by atoms with van der Waals surface area (Å²) in [6.07, 6.45) is 20.0. The van der Waals surface area contributed by atoms with E-state index in [4.69, 9.17) is 11.6 Å². The van der Waals surface area contributed by atoms with E-state index < -0.39 is 0 Å². The number of hydrogen-bond donors (Lipinski definition) is 0. The molecule has 2 heteroatoms. The highest BCUT2D eigenvalue weighted by atomic mass is 35.5. The van der Waals surface area contributed by atoms with Crippen LogP contribution in [0, 0.1) is 0 Å². The summed E-state index contributed by atoms with van der Waals surface area (Å²) >= 11 is 5.26. The summed E-state index contributed by atoms with van der Waals surface area (Å²) in [5.41, 5.74) is 0. The molecule has 0 amide bonds. The third kappa shape index (κ3) is 15.4. The van der Waals surface area contributed by atoms with Crippen molar-refractivity contribution in [3.8, 4) is 0 Å². The Balaban J connectivity index is 3.18. The minimum Gasteiger partial charge on any atom is -0.281 e. The minimum absolute atomic E-state index is 0.204. The Labute approximate surface area is 117 Å². The van der Waals surface area contributed by atoms with Gasteiger partial charge in [-0.1, -0.05) is 56.9 Å². The molecule has 0 aromatic rings. The highest BCUT2D eigenvalue weighted by Gasteiger charge is 1.94. The highest BCUT2D eigenvalue weighted by molar-refractivity contribution is 6.63. The van der Waals surface area contributed by atoms with E-state index in [1.165, 1.54) is 32.1 Å². The fourth-order valence-corrected chi connectivity index (χ4v) is 1.84. The first-order valence-electron chi connectivity index (χ1n) is 7.25. The van der Waals surface area contributed by atoms with E-state index >= 15 is 0 Å². The van der Waals surface area contributed by atoms with Gasteiger partial charge in [0.15, 0.2) is 0 Å². The molecule has 0 aromatic heterocycles. The van der Waals surface area contributed by atoms with E-state index in [1.807, 2.05) is 0 Å². The Bertz CT molecular complexity index is 243. The predicted molar refractivity (Wildman–Crippen MR) is 81.0 cm³/mol. The molecule has 0 aromatic carbocycles. The third-order valence-corrected chi connectivity index (χ3v) is 3.01. The van der Waals surface area contributed by atoms with Crippen LogP contribution >= 0.6 is 11.6 Å². The Hall–Kier alpha value is -0.560. The van der Waals surface area contributed by atoms with E-state index in [2.05, 4.69) is 31.2 Å². The van der Waals surface area contributed by atoms with E-state index in [0.29, 0.717) is 6.42 Å². The number of allylic oxidation sites excluding steroid dienone is 4. The largest absolute Gasteiger partial charge is 0.281 e. The van der Waals surface area contributed by atoms with E-state index in [0.717, 1.165) is 25.7 Å². The van der Waals surface area contributed by atoms with Crippen LogP contribution in [0.3, 0.4) is 0 Å². The van der Waals surface area contributed by atoms with Gasteiger partial charge in [0, 0.05) is 6.42 Å². The van der Waals surface area contributed by atoms with Crippen molar-refractivity contribution in [2.75, 3.05) is 0 Å². The van der Waals surface area contributed by atoms with Crippen molar-refractivity contribution in [1.82, 2.24) is 0 Å². The molecule has 0 saturated carbocycles. The molecule has 0 heterocycles. The molecule has 0 radical (unpaired) electrons. The minimum atomic E-state index is -0.204. The summed E-state index contributed by atoms with van der Waals surface area (Å²) in [5, 5.41) is -0.204. The lowest BCUT2D eigenvalue weighted by Gasteiger charge is -1.96. The number of halogens is 1. The normalized spacial score (nSPS) is 11.7. The summed E-state index contributed by atoms with van der Waals surface area (Å²) < 4.78 is 0. The maximum absolute atomic E-state index is 10.5. The van der Waals surface area contributed by atoms with Crippen LogP contribution in [0.15, 0.2) is 24.3 Å². The number of unbranched alkanes of at least 4 members (excludes halogenated alkanes) is 6. The van der Waals surface area contributed by atoms with Gasteiger partial charge in [0.1, 0.15) is 0 Å². The topological polar surface area (TPSA) is 17.1 Å². The zero-order valence-corrected chi connectivity index (χ0v) is 12.4. The molecule has 0 bridgehead atoms. The molecule has 0 N–H and O–H groups in total. The monoisotopic (exact) mass is 270 g/mol. The summed E-state index contributed by atoms with van der Waals surface area (Å²) in [5.74, 6) is 0. The lowest BCUT2D eigenvalue weighted by atomic mass is 10.1. The average Bonchev–Trinajstić information content (AvgIpc) is 2.34. The van der Waals surface area contributed by atoms with Gasteiger partial charge in [0.05, 0.1) is 0 Å². The van der Waals surface area contributed by atoms with Crippen molar-refractivity contribution < 1.29 is 4.79 Å². The number of carbonyl (C=O) groups is 1. The lowest BCUT2D eigenvalue weighted by molar-refractivity contribution is -0.111. The van der Waals surface area contributed by atoms with Gasteiger partial charge in [0.25, 0.3) is 0 Å². The second-order valence-corrected chi connectivity index (χ2v) is 5.05. The van der Waals surface area contributed by atoms with Crippen LogP contribution < -0.4 is 0 Å². The van der Waals surface area contributed by atoms with Gasteiger partial charge in [0.2, 0.25) is 5.24 Å². The summed E-state index contributed by atoms with van der Waals surface area (Å²) in [6.45, 7) is 2.22. The number of carbonyl (C=O) groups excluding carboxylic acids is 1. The summed E-state index contributed by atoms with van der Waals surface area (Å²) in [4.78, 5) is 10.5. The van der Waals surface area contributed by atoms with Crippen LogP contribution in [-0.4, -0.2) is 5.24 Å². The fourth-order valence-electron chi connectivity index (χ4n) is 1.71. The Kier molecular flexibility index (Phi) is 14.0. The van der Waals surface area contributed by atoms with Gasteiger partial charge in [-0.2, -0.15) is 0 Å². The van der Waals surface area contributed by atoms with Crippen molar-refractivity contribution in [2.24, 2.45) is 0 Å². The van der Waals surface area contributed by atoms with Crippen LogP contribution in [0.1, 0.15) is 71.1 Å². The van der Waals surface area contributed by atoms with Gasteiger partial charge in [-0.3, -0.25) is 4.79 Å². The molecule has 0 atom stereocenters. The van der Waals surface area contributed by atoms with E-state index in [1.54, 1.807) is 0 Å². The Morgan fingerprint density at radius 3 is 2.11 bits per heavy atom. The molecule has 0 unspecified atom stereocenters. The van der Waals surface area contributed by atoms with Crippen molar-refractivity contribution in [1.29, 1.82) is 0 Å². The Morgan fingerprint density at radius 1 is 0.889 bits per heavy atom. The number of hydrogen-bond acceptors (Lipinski definition) is 1. The maximum Gasteiger partial charge on any atom is 0.221 e. The second kappa shape index (κ2) is 14.5. The molecule has 104 valence electrons. The van der Waals surface area contributed by atoms with Crippen LogP contribution in [0.5, 0.6) is 0 Å². The van der Waals surface area contributed by atoms with E-state index in [-0.39, 0.29) is 5.24 Å². The standard InChI is InChI=1S/C16H27ClO/c1-2-3-4-5-6-7-8-9-10-11-12-13-14-15-16(17)18/h5-6,8-9H,2-4,7,10-15H2,1H3/b6-5+,9-8+. The predicted octanol–water partition coefficient (Wildman–Crippen LogP) is 5.79. The molecule has 0 spiro atoms. The quantitative estimate of drug-likeness (QED) is 0.249. The SMILES string of the molecule is CCCC/C=C/C/C=C/CCCCCCC(=O)Cl. The van der Waals surface area contributed by atoms with Gasteiger partial charge < -0.3 is 0 Å². The number of rotatable bonds is 12. The molecule has 0 rings (SSSR count). The van der Waals surface area contributed by atoms with E-state index in [9.17, 15) is 4.79 Å². The Morgan fingerprint density at radius 2 is 1.50 bits per heavy atom. The van der Waals surface area contributed by atoms with Crippen LogP contribution in [0.2, 0.25) is 0 Å². The first-order chi connectivity index (χ1) is 8.77. The molecule has 0 fully saturated rings. The first-order valence-corrected chi connectivity index (χ1v) is 7.63. The summed E-state index contributed by atoms with van der Waals surface area (Å²) in [6, 6.07) is 0. The van der Waals surface area contributed by atoms with Crippen molar-refractivity contribution in [2.45, 2.75) is 71.1 Å². The van der Waals surface area contributed by atoms with Crippen molar-refractivity contribution >= 4 is 16.8 Å². The zero-order valence-electron chi connectivity index (χ0n) is 11.7. The zero-order chi connectivity index (χ0) is 13.5. The fraction of sp³-hybridized carbons (Fsp3) is 0.688. The highest BCUT2D eigenvalue weighted by Crippen LogP contribution is 2.07. The van der Waals surface area contributed by atoms with Crippen LogP contribution in [0.4, 0.5) is 0 Å². The lowest BCUT2D eigenvalue weighted by Crippen LogP contribution is -1.85. The average molecular weight is 271 g/mol. The van der Waals surface area contributed by atoms with Crippen LogP contribution in [-0.2, 0) is 4.79 Å². The van der Waals surface area contributed by atoms with Gasteiger partial charge >= 0.3 is 0 Å². The summed E-state index contributed by atoms with van der Waals surface area (Å²) in [7, 11) is 0. The molecule has 1 nitrogen and oxygen atoms in total. The molecular weight excluding hydrogens is 244 g/mol. The first kappa shape index (κ1) is 17.4. The third-order valence-electron chi connectivity index (χ3n) is 2.82. The van der Waals surface area contributed by atoms with Crippen molar-refractivity contribution in [3.63, 3.8) is 0 Å². The van der Waals surface area contributed by atoms with Gasteiger partial charge in [-0.25, -0.2) is 0 Å². The van der Waals surface area contributed by atoms with Gasteiger partial charge in [-0.05, 0) is 43.7 Å². The molecule has 18 heavy (non-hydrogen) atoms.